The number of rotatable bonds is 1. The molecule has 0 unspecified atom stereocenters. The van der Waals surface area contributed by atoms with Gasteiger partial charge in [-0.3, -0.25) is 0 Å². The molecule has 1 aromatic heterocycles. The largest absolute Gasteiger partial charge is 0.351 e. The minimum atomic E-state index is 0.554. The van der Waals surface area contributed by atoms with Crippen LogP contribution in [0, 0.1) is 5.92 Å². The summed E-state index contributed by atoms with van der Waals surface area (Å²) in [7, 11) is 0. The number of anilines is 1. The molecule has 3 rings (SSSR count). The molecule has 0 amide bonds. The first-order valence-corrected chi connectivity index (χ1v) is 6.97. The second-order valence-corrected chi connectivity index (χ2v) is 5.48. The average Bonchev–Trinajstić information content (AvgIpc) is 2.39. The summed E-state index contributed by atoms with van der Waals surface area (Å²) in [5, 5.41) is 0.554. The standard InChI is InChI=1S/C13H18ClN3/c14-12-13(16-8-7-15-12)17-9-3-5-10-4-1-2-6-11(10)17/h7-8,10-11H,1-6,9H2/t10-,11-/m0/s1. The smallest absolute Gasteiger partial charge is 0.171 e. The molecular formula is C13H18ClN3. The molecule has 0 N–H and O–H groups in total. The first-order valence-electron chi connectivity index (χ1n) is 6.59. The number of hydrogen-bond acceptors (Lipinski definition) is 3. The zero-order valence-electron chi connectivity index (χ0n) is 9.98. The first kappa shape index (κ1) is 11.3. The highest BCUT2D eigenvalue weighted by Crippen LogP contribution is 2.38. The van der Waals surface area contributed by atoms with Crippen molar-refractivity contribution in [2.75, 3.05) is 11.4 Å². The maximum absolute atomic E-state index is 6.17. The van der Waals surface area contributed by atoms with Gasteiger partial charge in [-0.25, -0.2) is 9.97 Å². The molecule has 1 aliphatic carbocycles. The van der Waals surface area contributed by atoms with Gasteiger partial charge in [-0.05, 0) is 31.6 Å². The Morgan fingerprint density at radius 2 is 1.82 bits per heavy atom. The van der Waals surface area contributed by atoms with E-state index in [-0.39, 0.29) is 0 Å². The predicted molar refractivity (Wildman–Crippen MR) is 69.4 cm³/mol. The Balaban J connectivity index is 1.88. The van der Waals surface area contributed by atoms with E-state index >= 15 is 0 Å². The Labute approximate surface area is 107 Å². The number of nitrogens with zero attached hydrogens (tertiary/aromatic N) is 3. The molecule has 0 bridgehead atoms. The summed E-state index contributed by atoms with van der Waals surface area (Å²) in [6, 6.07) is 0.645. The lowest BCUT2D eigenvalue weighted by molar-refractivity contribution is 0.242. The van der Waals surface area contributed by atoms with E-state index in [9.17, 15) is 0 Å². The van der Waals surface area contributed by atoms with Crippen LogP contribution in [-0.2, 0) is 0 Å². The summed E-state index contributed by atoms with van der Waals surface area (Å²) in [5.41, 5.74) is 0. The Morgan fingerprint density at radius 3 is 2.71 bits per heavy atom. The molecule has 1 saturated heterocycles. The minimum Gasteiger partial charge on any atom is -0.351 e. The zero-order chi connectivity index (χ0) is 11.7. The molecule has 0 spiro atoms. The topological polar surface area (TPSA) is 29.0 Å². The Bertz CT molecular complexity index is 394. The monoisotopic (exact) mass is 251 g/mol. The van der Waals surface area contributed by atoms with E-state index in [0.29, 0.717) is 11.2 Å². The molecule has 2 atom stereocenters. The number of fused-ring (bicyclic) bond motifs is 1. The fraction of sp³-hybridized carbons (Fsp3) is 0.692. The van der Waals surface area contributed by atoms with Crippen molar-refractivity contribution in [3.8, 4) is 0 Å². The maximum Gasteiger partial charge on any atom is 0.171 e. The number of aromatic nitrogens is 2. The molecule has 3 nitrogen and oxygen atoms in total. The number of hydrogen-bond donors (Lipinski definition) is 0. The molecule has 4 heteroatoms. The van der Waals surface area contributed by atoms with Crippen molar-refractivity contribution in [2.45, 2.75) is 44.6 Å². The summed E-state index contributed by atoms with van der Waals surface area (Å²) in [5.74, 6) is 1.74. The van der Waals surface area contributed by atoms with Crippen LogP contribution in [0.15, 0.2) is 12.4 Å². The van der Waals surface area contributed by atoms with Gasteiger partial charge in [-0.15, -0.1) is 0 Å². The van der Waals surface area contributed by atoms with Gasteiger partial charge >= 0.3 is 0 Å². The van der Waals surface area contributed by atoms with Gasteiger partial charge in [0.25, 0.3) is 0 Å². The predicted octanol–water partition coefficient (Wildman–Crippen LogP) is 3.29. The second-order valence-electron chi connectivity index (χ2n) is 5.12. The lowest BCUT2D eigenvalue weighted by atomic mass is 9.78. The normalized spacial score (nSPS) is 28.9. The Morgan fingerprint density at radius 1 is 1.06 bits per heavy atom. The summed E-state index contributed by atoms with van der Waals surface area (Å²) >= 11 is 6.17. The van der Waals surface area contributed by atoms with Crippen LogP contribution < -0.4 is 4.90 Å². The summed E-state index contributed by atoms with van der Waals surface area (Å²) < 4.78 is 0. The average molecular weight is 252 g/mol. The lowest BCUT2D eigenvalue weighted by Crippen LogP contribution is -2.47. The molecule has 1 saturated carbocycles. The highest BCUT2D eigenvalue weighted by atomic mass is 35.5. The Kier molecular flexibility index (Phi) is 3.19. The van der Waals surface area contributed by atoms with Crippen LogP contribution in [0.1, 0.15) is 38.5 Å². The van der Waals surface area contributed by atoms with E-state index in [4.69, 9.17) is 11.6 Å². The van der Waals surface area contributed by atoms with E-state index in [1.165, 1.54) is 38.5 Å². The minimum absolute atomic E-state index is 0.554. The second kappa shape index (κ2) is 4.81. The molecule has 2 aliphatic rings. The molecule has 17 heavy (non-hydrogen) atoms. The summed E-state index contributed by atoms with van der Waals surface area (Å²) in [4.78, 5) is 11.0. The number of piperidine rings is 1. The molecule has 2 fully saturated rings. The van der Waals surface area contributed by atoms with Crippen LogP contribution >= 0.6 is 11.6 Å². The lowest BCUT2D eigenvalue weighted by Gasteiger charge is -2.44. The zero-order valence-corrected chi connectivity index (χ0v) is 10.7. The van der Waals surface area contributed by atoms with Gasteiger partial charge in [0, 0.05) is 25.0 Å². The van der Waals surface area contributed by atoms with Gasteiger partial charge in [-0.1, -0.05) is 24.4 Å². The van der Waals surface area contributed by atoms with Crippen LogP contribution in [0.2, 0.25) is 5.15 Å². The van der Waals surface area contributed by atoms with Gasteiger partial charge in [0.15, 0.2) is 11.0 Å². The van der Waals surface area contributed by atoms with E-state index in [1.807, 2.05) is 0 Å². The van der Waals surface area contributed by atoms with E-state index in [2.05, 4.69) is 14.9 Å². The van der Waals surface area contributed by atoms with Gasteiger partial charge in [0.05, 0.1) is 0 Å². The summed E-state index contributed by atoms with van der Waals surface area (Å²) in [6.45, 7) is 1.08. The first-order chi connectivity index (χ1) is 8.36. The van der Waals surface area contributed by atoms with Gasteiger partial charge in [0.1, 0.15) is 0 Å². The molecule has 1 aromatic rings. The van der Waals surface area contributed by atoms with E-state index in [0.717, 1.165) is 18.3 Å². The summed E-state index contributed by atoms with van der Waals surface area (Å²) in [6.07, 6.45) is 11.4. The van der Waals surface area contributed by atoms with Crippen molar-refractivity contribution in [3.05, 3.63) is 17.5 Å². The molecular weight excluding hydrogens is 234 g/mol. The third kappa shape index (κ3) is 2.13. The van der Waals surface area contributed by atoms with Crippen LogP contribution in [-0.4, -0.2) is 22.6 Å². The van der Waals surface area contributed by atoms with Crippen LogP contribution in [0.5, 0.6) is 0 Å². The van der Waals surface area contributed by atoms with Crippen molar-refractivity contribution in [3.63, 3.8) is 0 Å². The maximum atomic E-state index is 6.17. The van der Waals surface area contributed by atoms with Crippen molar-refractivity contribution in [1.82, 2.24) is 9.97 Å². The third-order valence-corrected chi connectivity index (χ3v) is 4.42. The fourth-order valence-electron chi connectivity index (χ4n) is 3.39. The molecule has 0 aromatic carbocycles. The van der Waals surface area contributed by atoms with E-state index < -0.39 is 0 Å². The van der Waals surface area contributed by atoms with Gasteiger partial charge in [-0.2, -0.15) is 0 Å². The van der Waals surface area contributed by atoms with Crippen molar-refractivity contribution in [2.24, 2.45) is 5.92 Å². The molecule has 92 valence electrons. The molecule has 1 aliphatic heterocycles. The van der Waals surface area contributed by atoms with Crippen LogP contribution in [0.25, 0.3) is 0 Å². The van der Waals surface area contributed by atoms with E-state index in [1.54, 1.807) is 12.4 Å². The quantitative estimate of drug-likeness (QED) is 0.767. The van der Waals surface area contributed by atoms with Crippen molar-refractivity contribution >= 4 is 17.4 Å². The molecule has 0 radical (unpaired) electrons. The third-order valence-electron chi connectivity index (χ3n) is 4.15. The number of halogens is 1. The molecule has 2 heterocycles. The SMILES string of the molecule is Clc1nccnc1N1CCC[C@@H]2CCCC[C@@H]21. The van der Waals surface area contributed by atoms with Crippen molar-refractivity contribution in [1.29, 1.82) is 0 Å². The van der Waals surface area contributed by atoms with Gasteiger partial charge < -0.3 is 4.90 Å². The van der Waals surface area contributed by atoms with Crippen molar-refractivity contribution < 1.29 is 0 Å². The van der Waals surface area contributed by atoms with Crippen LogP contribution in [0.4, 0.5) is 5.82 Å². The highest BCUT2D eigenvalue weighted by molar-refractivity contribution is 6.31. The van der Waals surface area contributed by atoms with Crippen LogP contribution in [0.3, 0.4) is 0 Å². The fourth-order valence-corrected chi connectivity index (χ4v) is 3.61. The Hall–Kier alpha value is -0.830. The van der Waals surface area contributed by atoms with Gasteiger partial charge in [0.2, 0.25) is 0 Å². The highest BCUT2D eigenvalue weighted by Gasteiger charge is 2.34.